The lowest BCUT2D eigenvalue weighted by atomic mass is 9.74. The third-order valence-electron chi connectivity index (χ3n) is 4.32. The van der Waals surface area contributed by atoms with Crippen LogP contribution in [0.3, 0.4) is 0 Å². The normalized spacial score (nSPS) is 19.7. The van der Waals surface area contributed by atoms with Gasteiger partial charge in [0.15, 0.2) is 0 Å². The lowest BCUT2D eigenvalue weighted by molar-refractivity contribution is -0.117. The first kappa shape index (κ1) is 16.2. The lowest BCUT2D eigenvalue weighted by Gasteiger charge is -2.39. The van der Waals surface area contributed by atoms with E-state index in [4.69, 9.17) is 0 Å². The molecule has 0 aromatic heterocycles. The number of nitrogens with zero attached hydrogens (tertiary/aromatic N) is 2. The molecule has 0 aliphatic carbocycles. The molecule has 0 radical (unpaired) electrons. The van der Waals surface area contributed by atoms with Gasteiger partial charge in [-0.1, -0.05) is 46.3 Å². The third-order valence-corrected chi connectivity index (χ3v) is 5.36. The molecule has 1 saturated heterocycles. The van der Waals surface area contributed by atoms with Crippen molar-refractivity contribution in [3.05, 3.63) is 35.9 Å². The van der Waals surface area contributed by atoms with Crippen molar-refractivity contribution in [1.29, 1.82) is 5.26 Å². The van der Waals surface area contributed by atoms with Gasteiger partial charge < -0.3 is 4.79 Å². The van der Waals surface area contributed by atoms with Crippen LogP contribution >= 0.6 is 15.9 Å². The molecule has 0 N–H and O–H groups in total. The molecule has 0 saturated carbocycles. The second-order valence-corrected chi connectivity index (χ2v) is 6.83. The largest absolute Gasteiger partial charge is 0.300 e. The van der Waals surface area contributed by atoms with Crippen molar-refractivity contribution >= 4 is 21.7 Å². The first-order valence-corrected chi connectivity index (χ1v) is 8.33. The minimum absolute atomic E-state index is 0.229. The first-order chi connectivity index (χ1) is 10.1. The van der Waals surface area contributed by atoms with Crippen LogP contribution in [0.4, 0.5) is 0 Å². The standard InChI is InChI=1S/C17H21BrN2O/c1-14(21)7-8-16(18)20-11-9-17(13-19,10-12-20)15-5-3-2-4-6-15/h2-6,16H,7-12H2,1H3. The number of carbonyl (C=O) groups excluding carboxylic acids is 1. The van der Waals surface area contributed by atoms with Crippen molar-refractivity contribution in [2.75, 3.05) is 13.1 Å². The Kier molecular flexibility index (Phi) is 5.55. The fourth-order valence-corrected chi connectivity index (χ4v) is 3.55. The average Bonchev–Trinajstić information content (AvgIpc) is 2.53. The number of piperidine rings is 1. The van der Waals surface area contributed by atoms with Crippen LogP contribution in [0.5, 0.6) is 0 Å². The first-order valence-electron chi connectivity index (χ1n) is 7.42. The molecule has 1 aliphatic heterocycles. The number of benzene rings is 1. The number of nitriles is 1. The van der Waals surface area contributed by atoms with E-state index >= 15 is 0 Å². The SMILES string of the molecule is CC(=O)CCC(Br)N1CCC(C#N)(c2ccccc2)CC1. The average molecular weight is 349 g/mol. The zero-order chi connectivity index (χ0) is 15.3. The van der Waals surface area contributed by atoms with E-state index in [1.807, 2.05) is 18.2 Å². The summed E-state index contributed by atoms with van der Waals surface area (Å²) in [6.07, 6.45) is 3.13. The molecule has 21 heavy (non-hydrogen) atoms. The van der Waals surface area contributed by atoms with Crippen molar-refractivity contribution in [3.63, 3.8) is 0 Å². The van der Waals surface area contributed by atoms with Gasteiger partial charge >= 0.3 is 0 Å². The Hall–Kier alpha value is -1.18. The van der Waals surface area contributed by atoms with Gasteiger partial charge in [0.1, 0.15) is 5.78 Å². The molecule has 0 bridgehead atoms. The highest BCUT2D eigenvalue weighted by molar-refractivity contribution is 9.09. The molecule has 1 aromatic carbocycles. The molecule has 0 spiro atoms. The zero-order valence-electron chi connectivity index (χ0n) is 12.4. The quantitative estimate of drug-likeness (QED) is 0.602. The molecule has 2 rings (SSSR count). The van der Waals surface area contributed by atoms with Gasteiger partial charge in [-0.15, -0.1) is 0 Å². The Labute approximate surface area is 135 Å². The summed E-state index contributed by atoms with van der Waals surface area (Å²) in [4.78, 5) is 13.6. The summed E-state index contributed by atoms with van der Waals surface area (Å²) >= 11 is 3.67. The lowest BCUT2D eigenvalue weighted by Crippen LogP contribution is -2.44. The fourth-order valence-electron chi connectivity index (χ4n) is 2.91. The summed E-state index contributed by atoms with van der Waals surface area (Å²) < 4.78 is 0. The third kappa shape index (κ3) is 3.93. The molecule has 1 aromatic rings. The molecule has 112 valence electrons. The smallest absolute Gasteiger partial charge is 0.129 e. The minimum Gasteiger partial charge on any atom is -0.300 e. The number of hydrogen-bond donors (Lipinski definition) is 0. The van der Waals surface area contributed by atoms with Crippen LogP contribution in [0.1, 0.15) is 38.2 Å². The Morgan fingerprint density at radius 2 is 2.00 bits per heavy atom. The number of hydrogen-bond acceptors (Lipinski definition) is 3. The molecule has 3 nitrogen and oxygen atoms in total. The molecule has 1 heterocycles. The highest BCUT2D eigenvalue weighted by Crippen LogP contribution is 2.36. The second kappa shape index (κ2) is 7.20. The van der Waals surface area contributed by atoms with Gasteiger partial charge in [0, 0.05) is 19.5 Å². The number of halogens is 1. The maximum Gasteiger partial charge on any atom is 0.129 e. The number of alkyl halides is 1. The molecular weight excluding hydrogens is 328 g/mol. The van der Waals surface area contributed by atoms with Crippen LogP contribution in [0, 0.1) is 11.3 Å². The Balaban J connectivity index is 1.98. The van der Waals surface area contributed by atoms with E-state index in [1.54, 1.807) is 6.92 Å². The number of likely N-dealkylation sites (tertiary alicyclic amines) is 1. The molecule has 1 unspecified atom stereocenters. The Bertz CT molecular complexity index is 515. The number of carbonyl (C=O) groups is 1. The van der Waals surface area contributed by atoms with Crippen LogP contribution in [0.2, 0.25) is 0 Å². The topological polar surface area (TPSA) is 44.1 Å². The van der Waals surface area contributed by atoms with Crippen molar-refractivity contribution in [2.45, 2.75) is 43.0 Å². The summed E-state index contributed by atoms with van der Waals surface area (Å²) in [6.45, 7) is 3.40. The van der Waals surface area contributed by atoms with Crippen molar-refractivity contribution in [2.24, 2.45) is 0 Å². The monoisotopic (exact) mass is 348 g/mol. The van der Waals surface area contributed by atoms with Crippen LogP contribution in [0.25, 0.3) is 0 Å². The van der Waals surface area contributed by atoms with E-state index in [0.29, 0.717) is 6.42 Å². The fraction of sp³-hybridized carbons (Fsp3) is 0.529. The predicted octanol–water partition coefficient (Wildman–Crippen LogP) is 3.63. The van der Waals surface area contributed by atoms with Crippen molar-refractivity contribution in [1.82, 2.24) is 4.90 Å². The van der Waals surface area contributed by atoms with E-state index < -0.39 is 0 Å². The minimum atomic E-state index is -0.356. The molecule has 1 atom stereocenters. The van der Waals surface area contributed by atoms with E-state index in [2.05, 4.69) is 39.0 Å². The summed E-state index contributed by atoms with van der Waals surface area (Å²) in [5.41, 5.74) is 0.771. The molecule has 1 aliphatic rings. The number of rotatable bonds is 5. The molecule has 0 amide bonds. The molecular formula is C17H21BrN2O. The van der Waals surface area contributed by atoms with Crippen LogP contribution in [-0.2, 0) is 10.2 Å². The summed E-state index contributed by atoms with van der Waals surface area (Å²) in [5, 5.41) is 9.67. The maximum absolute atomic E-state index is 11.1. The van der Waals surface area contributed by atoms with Crippen LogP contribution in [0.15, 0.2) is 30.3 Å². The molecule has 4 heteroatoms. The highest BCUT2D eigenvalue weighted by Gasteiger charge is 2.37. The number of Topliss-reactive ketones (excluding diaryl/α,β-unsaturated/α-hetero) is 1. The van der Waals surface area contributed by atoms with E-state index in [-0.39, 0.29) is 16.1 Å². The van der Waals surface area contributed by atoms with E-state index in [9.17, 15) is 10.1 Å². The van der Waals surface area contributed by atoms with E-state index in [0.717, 1.165) is 37.9 Å². The Morgan fingerprint density at radius 1 is 1.38 bits per heavy atom. The van der Waals surface area contributed by atoms with Gasteiger partial charge in [-0.3, -0.25) is 4.90 Å². The van der Waals surface area contributed by atoms with Crippen molar-refractivity contribution in [3.8, 4) is 6.07 Å². The van der Waals surface area contributed by atoms with Gasteiger partial charge in [0.05, 0.1) is 16.4 Å². The molecule has 1 fully saturated rings. The second-order valence-electron chi connectivity index (χ2n) is 5.77. The van der Waals surface area contributed by atoms with Gasteiger partial charge in [0.25, 0.3) is 0 Å². The van der Waals surface area contributed by atoms with Gasteiger partial charge in [-0.05, 0) is 31.7 Å². The Morgan fingerprint density at radius 3 is 2.52 bits per heavy atom. The van der Waals surface area contributed by atoms with Crippen LogP contribution in [-0.4, -0.2) is 28.7 Å². The summed E-state index contributed by atoms with van der Waals surface area (Å²) in [7, 11) is 0. The zero-order valence-corrected chi connectivity index (χ0v) is 14.0. The van der Waals surface area contributed by atoms with Gasteiger partial charge in [0.2, 0.25) is 0 Å². The summed E-state index contributed by atoms with van der Waals surface area (Å²) in [6, 6.07) is 12.6. The highest BCUT2D eigenvalue weighted by atomic mass is 79.9. The van der Waals surface area contributed by atoms with Gasteiger partial charge in [-0.25, -0.2) is 0 Å². The van der Waals surface area contributed by atoms with Crippen molar-refractivity contribution < 1.29 is 4.79 Å². The summed E-state index contributed by atoms with van der Waals surface area (Å²) in [5.74, 6) is 0.229. The maximum atomic E-state index is 11.1. The van der Waals surface area contributed by atoms with Gasteiger partial charge in [-0.2, -0.15) is 5.26 Å². The van der Waals surface area contributed by atoms with Crippen LogP contribution < -0.4 is 0 Å². The van der Waals surface area contributed by atoms with E-state index in [1.165, 1.54) is 0 Å². The number of ketones is 1. The predicted molar refractivity (Wildman–Crippen MR) is 87.2 cm³/mol.